The summed E-state index contributed by atoms with van der Waals surface area (Å²) in [5.74, 6) is 0.567. The number of primary amides is 1. The van der Waals surface area contributed by atoms with Gasteiger partial charge < -0.3 is 10.6 Å². The first-order chi connectivity index (χ1) is 7.16. The van der Waals surface area contributed by atoms with E-state index in [-0.39, 0.29) is 11.8 Å². The van der Waals surface area contributed by atoms with Crippen molar-refractivity contribution in [3.8, 4) is 0 Å². The van der Waals surface area contributed by atoms with Gasteiger partial charge in [-0.2, -0.15) is 0 Å². The molecule has 1 aliphatic heterocycles. The molecule has 1 atom stereocenters. The van der Waals surface area contributed by atoms with Crippen LogP contribution in [-0.2, 0) is 4.79 Å². The molecule has 80 valence electrons. The van der Waals surface area contributed by atoms with Gasteiger partial charge >= 0.3 is 0 Å². The van der Waals surface area contributed by atoms with Crippen molar-refractivity contribution in [1.29, 1.82) is 0 Å². The number of carbonyl (C=O) groups excluding carboxylic acids is 1. The molecule has 0 aromatic carbocycles. The summed E-state index contributed by atoms with van der Waals surface area (Å²) in [7, 11) is 0. The Labute approximate surface area is 93.0 Å². The summed E-state index contributed by atoms with van der Waals surface area (Å²) in [5, 5.41) is 0.615. The van der Waals surface area contributed by atoms with Crippen LogP contribution in [0.25, 0.3) is 0 Å². The zero-order chi connectivity index (χ0) is 10.8. The molecule has 0 spiro atoms. The van der Waals surface area contributed by atoms with E-state index in [9.17, 15) is 4.79 Å². The van der Waals surface area contributed by atoms with Crippen LogP contribution in [0.4, 0.5) is 5.82 Å². The Balaban J connectivity index is 2.07. The molecule has 0 unspecified atom stereocenters. The van der Waals surface area contributed by atoms with E-state index >= 15 is 0 Å². The molecule has 5 heteroatoms. The van der Waals surface area contributed by atoms with Gasteiger partial charge in [-0.25, -0.2) is 4.98 Å². The van der Waals surface area contributed by atoms with Crippen molar-refractivity contribution in [2.24, 2.45) is 11.7 Å². The number of aromatic nitrogens is 1. The van der Waals surface area contributed by atoms with Gasteiger partial charge in [0, 0.05) is 19.3 Å². The van der Waals surface area contributed by atoms with E-state index in [1.165, 1.54) is 0 Å². The molecule has 1 saturated heterocycles. The molecule has 0 radical (unpaired) electrons. The third-order valence-corrected chi connectivity index (χ3v) is 2.85. The highest BCUT2D eigenvalue weighted by Gasteiger charge is 2.27. The summed E-state index contributed by atoms with van der Waals surface area (Å²) < 4.78 is 0. The Morgan fingerprint density at radius 1 is 1.60 bits per heavy atom. The smallest absolute Gasteiger partial charge is 0.222 e. The fraction of sp³-hybridized carbons (Fsp3) is 0.400. The van der Waals surface area contributed by atoms with Gasteiger partial charge in [-0.15, -0.1) is 0 Å². The van der Waals surface area contributed by atoms with Crippen LogP contribution in [0.15, 0.2) is 18.3 Å². The highest BCUT2D eigenvalue weighted by Crippen LogP contribution is 2.22. The minimum absolute atomic E-state index is 0.0533. The third kappa shape index (κ3) is 2.21. The predicted molar refractivity (Wildman–Crippen MR) is 58.8 cm³/mol. The number of nitrogens with zero attached hydrogens (tertiary/aromatic N) is 2. The van der Waals surface area contributed by atoms with E-state index in [2.05, 4.69) is 4.98 Å². The van der Waals surface area contributed by atoms with Crippen molar-refractivity contribution in [3.63, 3.8) is 0 Å². The fourth-order valence-corrected chi connectivity index (χ4v) is 1.87. The summed E-state index contributed by atoms with van der Waals surface area (Å²) in [5.41, 5.74) is 5.26. The van der Waals surface area contributed by atoms with Gasteiger partial charge in [0.25, 0.3) is 0 Å². The molecule has 0 saturated carbocycles. The predicted octanol–water partition coefficient (Wildman–Crippen LogP) is 1.05. The number of carbonyl (C=O) groups is 1. The molecule has 1 amide bonds. The number of hydrogen-bond acceptors (Lipinski definition) is 3. The van der Waals surface area contributed by atoms with Gasteiger partial charge in [0.15, 0.2) is 0 Å². The molecule has 0 bridgehead atoms. The largest absolute Gasteiger partial charge is 0.369 e. The average molecular weight is 226 g/mol. The van der Waals surface area contributed by atoms with E-state index in [0.29, 0.717) is 11.6 Å². The molecule has 1 aromatic heterocycles. The van der Waals surface area contributed by atoms with Crippen LogP contribution in [0.2, 0.25) is 5.02 Å². The summed E-state index contributed by atoms with van der Waals surface area (Å²) in [4.78, 5) is 17.2. The summed E-state index contributed by atoms with van der Waals surface area (Å²) >= 11 is 5.74. The van der Waals surface area contributed by atoms with Crippen LogP contribution >= 0.6 is 11.6 Å². The number of rotatable bonds is 2. The number of pyridine rings is 1. The molecular weight excluding hydrogens is 214 g/mol. The fourth-order valence-electron chi connectivity index (χ4n) is 1.76. The minimum atomic E-state index is -0.230. The lowest BCUT2D eigenvalue weighted by Gasteiger charge is -2.16. The number of amides is 1. The summed E-state index contributed by atoms with van der Waals surface area (Å²) in [6, 6.07) is 3.65. The highest BCUT2D eigenvalue weighted by atomic mass is 35.5. The lowest BCUT2D eigenvalue weighted by molar-refractivity contribution is -0.121. The maximum atomic E-state index is 11.0. The number of anilines is 1. The van der Waals surface area contributed by atoms with Gasteiger partial charge in [0.05, 0.1) is 10.9 Å². The van der Waals surface area contributed by atoms with E-state index in [4.69, 9.17) is 17.3 Å². The highest BCUT2D eigenvalue weighted by molar-refractivity contribution is 6.30. The molecule has 1 aromatic rings. The Hall–Kier alpha value is -1.29. The number of nitrogens with two attached hydrogens (primary N) is 1. The van der Waals surface area contributed by atoms with Gasteiger partial charge in [-0.1, -0.05) is 11.6 Å². The monoisotopic (exact) mass is 225 g/mol. The van der Waals surface area contributed by atoms with Crippen molar-refractivity contribution in [3.05, 3.63) is 23.4 Å². The van der Waals surface area contributed by atoms with E-state index < -0.39 is 0 Å². The Bertz CT molecular complexity index is 365. The number of halogens is 1. The maximum Gasteiger partial charge on any atom is 0.222 e. The second-order valence-electron chi connectivity index (χ2n) is 3.67. The van der Waals surface area contributed by atoms with E-state index in [1.807, 2.05) is 11.0 Å². The van der Waals surface area contributed by atoms with Crippen molar-refractivity contribution in [1.82, 2.24) is 4.98 Å². The molecule has 1 aliphatic rings. The first-order valence-corrected chi connectivity index (χ1v) is 5.20. The third-order valence-electron chi connectivity index (χ3n) is 2.63. The molecule has 2 N–H and O–H groups in total. The Morgan fingerprint density at radius 3 is 2.93 bits per heavy atom. The molecule has 15 heavy (non-hydrogen) atoms. The van der Waals surface area contributed by atoms with Gasteiger partial charge in [0.2, 0.25) is 5.91 Å². The maximum absolute atomic E-state index is 11.0. The normalized spacial score (nSPS) is 20.6. The second kappa shape index (κ2) is 4.06. The minimum Gasteiger partial charge on any atom is -0.369 e. The van der Waals surface area contributed by atoms with Gasteiger partial charge in [-0.3, -0.25) is 4.79 Å². The van der Waals surface area contributed by atoms with E-state index in [1.54, 1.807) is 12.3 Å². The summed E-state index contributed by atoms with van der Waals surface area (Å²) in [6.07, 6.45) is 2.41. The lowest BCUT2D eigenvalue weighted by atomic mass is 10.1. The quantitative estimate of drug-likeness (QED) is 0.819. The SMILES string of the molecule is NC(=O)[C@@H]1CCN(c2ccc(Cl)cn2)C1. The van der Waals surface area contributed by atoms with E-state index in [0.717, 1.165) is 18.8 Å². The molecule has 2 heterocycles. The molecular formula is C10H12ClN3O. The number of hydrogen-bond donors (Lipinski definition) is 1. The molecule has 4 nitrogen and oxygen atoms in total. The molecule has 1 fully saturated rings. The Kier molecular flexibility index (Phi) is 2.77. The topological polar surface area (TPSA) is 59.2 Å². The first kappa shape index (κ1) is 10.2. The lowest BCUT2D eigenvalue weighted by Crippen LogP contribution is -2.27. The van der Waals surface area contributed by atoms with Crippen LogP contribution in [-0.4, -0.2) is 24.0 Å². The standard InChI is InChI=1S/C10H12ClN3O/c11-8-1-2-9(13-5-8)14-4-3-7(6-14)10(12)15/h1-2,5,7H,3-4,6H2,(H2,12,15)/t7-/m1/s1. The van der Waals surface area contributed by atoms with Crippen molar-refractivity contribution in [2.75, 3.05) is 18.0 Å². The zero-order valence-electron chi connectivity index (χ0n) is 8.19. The van der Waals surface area contributed by atoms with Gasteiger partial charge in [0.1, 0.15) is 5.82 Å². The zero-order valence-corrected chi connectivity index (χ0v) is 8.94. The van der Waals surface area contributed by atoms with Crippen molar-refractivity contribution >= 4 is 23.3 Å². The van der Waals surface area contributed by atoms with Crippen molar-refractivity contribution < 1.29 is 4.79 Å². The van der Waals surface area contributed by atoms with Gasteiger partial charge in [-0.05, 0) is 18.6 Å². The average Bonchev–Trinajstić information content (AvgIpc) is 2.68. The molecule has 0 aliphatic carbocycles. The summed E-state index contributed by atoms with van der Waals surface area (Å²) in [6.45, 7) is 1.48. The molecule has 2 rings (SSSR count). The van der Waals surface area contributed by atoms with Crippen LogP contribution in [0.5, 0.6) is 0 Å². The van der Waals surface area contributed by atoms with Crippen LogP contribution in [0, 0.1) is 5.92 Å². The van der Waals surface area contributed by atoms with Crippen LogP contribution in [0.3, 0.4) is 0 Å². The second-order valence-corrected chi connectivity index (χ2v) is 4.11. The van der Waals surface area contributed by atoms with Crippen molar-refractivity contribution in [2.45, 2.75) is 6.42 Å². The first-order valence-electron chi connectivity index (χ1n) is 4.82. The van der Waals surface area contributed by atoms with Crippen LogP contribution in [0.1, 0.15) is 6.42 Å². The van der Waals surface area contributed by atoms with Crippen LogP contribution < -0.4 is 10.6 Å². The Morgan fingerprint density at radius 2 is 2.40 bits per heavy atom.